The SMILES string of the molecule is NC(=O)[C@H]1CN(CC(=O)Nc2ccc(N3CCCCC3)cc2)c2ccccc2O1. The van der Waals surface area contributed by atoms with Gasteiger partial charge in [-0.25, -0.2) is 0 Å². The zero-order chi connectivity index (χ0) is 20.2. The third kappa shape index (κ3) is 4.45. The Morgan fingerprint density at radius 1 is 1.03 bits per heavy atom. The zero-order valence-corrected chi connectivity index (χ0v) is 16.3. The van der Waals surface area contributed by atoms with Crippen molar-refractivity contribution < 1.29 is 14.3 Å². The van der Waals surface area contributed by atoms with Gasteiger partial charge in [-0.3, -0.25) is 9.59 Å². The lowest BCUT2D eigenvalue weighted by molar-refractivity contribution is -0.125. The third-order valence-corrected chi connectivity index (χ3v) is 5.39. The summed E-state index contributed by atoms with van der Waals surface area (Å²) in [6.45, 7) is 2.53. The first-order valence-electron chi connectivity index (χ1n) is 10.0. The van der Waals surface area contributed by atoms with Gasteiger partial charge in [0.25, 0.3) is 5.91 Å². The van der Waals surface area contributed by atoms with E-state index < -0.39 is 12.0 Å². The van der Waals surface area contributed by atoms with Crippen LogP contribution in [-0.4, -0.2) is 44.1 Å². The molecule has 0 radical (unpaired) electrons. The number of nitrogens with two attached hydrogens (primary N) is 1. The number of amides is 2. The van der Waals surface area contributed by atoms with Crippen LogP contribution < -0.4 is 25.6 Å². The number of primary amides is 1. The van der Waals surface area contributed by atoms with Crippen molar-refractivity contribution in [3.8, 4) is 5.75 Å². The lowest BCUT2D eigenvalue weighted by atomic mass is 10.1. The first kappa shape index (κ1) is 19.1. The number of nitrogens with zero attached hydrogens (tertiary/aromatic N) is 2. The number of para-hydroxylation sites is 2. The Kier molecular flexibility index (Phi) is 5.55. The number of ether oxygens (including phenoxy) is 1. The van der Waals surface area contributed by atoms with Gasteiger partial charge < -0.3 is 25.6 Å². The number of anilines is 3. The molecule has 0 unspecified atom stereocenters. The first-order chi connectivity index (χ1) is 14.1. The number of hydrogen-bond acceptors (Lipinski definition) is 5. The Balaban J connectivity index is 1.40. The van der Waals surface area contributed by atoms with Crippen molar-refractivity contribution in [1.82, 2.24) is 0 Å². The maximum atomic E-state index is 12.6. The lowest BCUT2D eigenvalue weighted by Crippen LogP contribution is -2.49. The highest BCUT2D eigenvalue weighted by Gasteiger charge is 2.30. The summed E-state index contributed by atoms with van der Waals surface area (Å²) >= 11 is 0. The summed E-state index contributed by atoms with van der Waals surface area (Å²) in [6.07, 6.45) is 2.98. The lowest BCUT2D eigenvalue weighted by Gasteiger charge is -2.34. The summed E-state index contributed by atoms with van der Waals surface area (Å²) in [5.74, 6) is -0.143. The predicted octanol–water partition coefficient (Wildman–Crippen LogP) is 2.37. The van der Waals surface area contributed by atoms with E-state index in [2.05, 4.69) is 10.2 Å². The number of rotatable bonds is 5. The molecular formula is C22H26N4O3. The predicted molar refractivity (Wildman–Crippen MR) is 113 cm³/mol. The molecule has 152 valence electrons. The van der Waals surface area contributed by atoms with Gasteiger partial charge in [0, 0.05) is 24.5 Å². The molecule has 7 nitrogen and oxygen atoms in total. The van der Waals surface area contributed by atoms with Crippen LogP contribution in [0.1, 0.15) is 19.3 Å². The second-order valence-electron chi connectivity index (χ2n) is 7.50. The van der Waals surface area contributed by atoms with E-state index in [4.69, 9.17) is 10.5 Å². The van der Waals surface area contributed by atoms with E-state index in [1.165, 1.54) is 24.9 Å². The highest BCUT2D eigenvalue weighted by atomic mass is 16.5. The number of benzene rings is 2. The number of fused-ring (bicyclic) bond motifs is 1. The summed E-state index contributed by atoms with van der Waals surface area (Å²) in [5.41, 5.74) is 8.14. The van der Waals surface area contributed by atoms with E-state index >= 15 is 0 Å². The van der Waals surface area contributed by atoms with Gasteiger partial charge in [-0.15, -0.1) is 0 Å². The molecule has 1 fully saturated rings. The molecule has 2 aromatic rings. The zero-order valence-electron chi connectivity index (χ0n) is 16.3. The van der Waals surface area contributed by atoms with Crippen LogP contribution in [0.15, 0.2) is 48.5 Å². The van der Waals surface area contributed by atoms with Gasteiger partial charge >= 0.3 is 0 Å². The number of piperidine rings is 1. The van der Waals surface area contributed by atoms with E-state index in [9.17, 15) is 9.59 Å². The highest BCUT2D eigenvalue weighted by Crippen LogP contribution is 2.32. The van der Waals surface area contributed by atoms with Crippen LogP contribution in [-0.2, 0) is 9.59 Å². The minimum Gasteiger partial charge on any atom is -0.477 e. The van der Waals surface area contributed by atoms with Crippen LogP contribution in [0, 0.1) is 0 Å². The quantitative estimate of drug-likeness (QED) is 0.813. The molecule has 1 atom stereocenters. The molecular weight excluding hydrogens is 368 g/mol. The number of carbonyl (C=O) groups excluding carboxylic acids is 2. The monoisotopic (exact) mass is 394 g/mol. The Morgan fingerprint density at radius 2 is 1.76 bits per heavy atom. The van der Waals surface area contributed by atoms with E-state index in [0.29, 0.717) is 5.75 Å². The van der Waals surface area contributed by atoms with Crippen LogP contribution in [0.2, 0.25) is 0 Å². The van der Waals surface area contributed by atoms with Gasteiger partial charge in [0.15, 0.2) is 6.10 Å². The van der Waals surface area contributed by atoms with Crippen LogP contribution in [0.5, 0.6) is 5.75 Å². The molecule has 2 aliphatic rings. The standard InChI is InChI=1S/C22H26N4O3/c23-22(28)20-14-26(18-6-2-3-7-19(18)29-20)15-21(27)24-16-8-10-17(11-9-16)25-12-4-1-5-13-25/h2-3,6-11,20H,1,4-5,12-15H2,(H2,23,28)(H,24,27)/t20-/m1/s1. The smallest absolute Gasteiger partial charge is 0.260 e. The van der Waals surface area contributed by atoms with E-state index in [1.54, 1.807) is 6.07 Å². The minimum absolute atomic E-state index is 0.109. The number of nitrogens with one attached hydrogen (secondary N) is 1. The summed E-state index contributed by atoms with van der Waals surface area (Å²) in [7, 11) is 0. The molecule has 1 saturated heterocycles. The Bertz CT molecular complexity index is 878. The topological polar surface area (TPSA) is 87.9 Å². The van der Waals surface area contributed by atoms with Gasteiger partial charge in [0.2, 0.25) is 5.91 Å². The van der Waals surface area contributed by atoms with Crippen molar-refractivity contribution in [2.75, 3.05) is 41.3 Å². The molecule has 0 aliphatic carbocycles. The van der Waals surface area contributed by atoms with Crippen molar-refractivity contribution >= 4 is 28.9 Å². The van der Waals surface area contributed by atoms with E-state index in [-0.39, 0.29) is 19.0 Å². The summed E-state index contributed by atoms with van der Waals surface area (Å²) in [4.78, 5) is 28.5. The van der Waals surface area contributed by atoms with Crippen LogP contribution in [0.4, 0.5) is 17.1 Å². The molecule has 0 saturated carbocycles. The third-order valence-electron chi connectivity index (χ3n) is 5.39. The van der Waals surface area contributed by atoms with Gasteiger partial charge in [-0.2, -0.15) is 0 Å². The highest BCUT2D eigenvalue weighted by molar-refractivity contribution is 5.95. The molecule has 3 N–H and O–H groups in total. The van der Waals surface area contributed by atoms with Crippen LogP contribution >= 0.6 is 0 Å². The second kappa shape index (κ2) is 8.43. The fourth-order valence-electron chi connectivity index (χ4n) is 3.89. The Hall–Kier alpha value is -3.22. The molecule has 29 heavy (non-hydrogen) atoms. The largest absolute Gasteiger partial charge is 0.477 e. The molecule has 2 amide bonds. The molecule has 0 spiro atoms. The molecule has 2 aromatic carbocycles. The summed E-state index contributed by atoms with van der Waals surface area (Å²) < 4.78 is 5.64. The van der Waals surface area contributed by atoms with Gasteiger partial charge in [-0.1, -0.05) is 12.1 Å². The molecule has 4 rings (SSSR count). The summed E-state index contributed by atoms with van der Waals surface area (Å²) in [5, 5.41) is 2.94. The molecule has 0 aromatic heterocycles. The normalized spacial score (nSPS) is 18.6. The average Bonchev–Trinajstić information content (AvgIpc) is 2.74. The fraction of sp³-hybridized carbons (Fsp3) is 0.364. The molecule has 7 heteroatoms. The van der Waals surface area contributed by atoms with Crippen LogP contribution in [0.3, 0.4) is 0 Å². The van der Waals surface area contributed by atoms with E-state index in [1.807, 2.05) is 47.4 Å². The van der Waals surface area contributed by atoms with Gasteiger partial charge in [-0.05, 0) is 55.7 Å². The maximum absolute atomic E-state index is 12.6. The first-order valence-corrected chi connectivity index (χ1v) is 10.0. The Morgan fingerprint density at radius 3 is 2.48 bits per heavy atom. The van der Waals surface area contributed by atoms with Crippen molar-refractivity contribution in [1.29, 1.82) is 0 Å². The molecule has 2 heterocycles. The van der Waals surface area contributed by atoms with Crippen molar-refractivity contribution in [3.05, 3.63) is 48.5 Å². The second-order valence-corrected chi connectivity index (χ2v) is 7.50. The fourth-order valence-corrected chi connectivity index (χ4v) is 3.89. The van der Waals surface area contributed by atoms with Gasteiger partial charge in [0.05, 0.1) is 18.8 Å². The van der Waals surface area contributed by atoms with Crippen LogP contribution in [0.25, 0.3) is 0 Å². The van der Waals surface area contributed by atoms with E-state index in [0.717, 1.165) is 24.5 Å². The minimum atomic E-state index is -0.776. The Labute approximate surface area is 170 Å². The molecule has 0 bridgehead atoms. The van der Waals surface area contributed by atoms with Gasteiger partial charge in [0.1, 0.15) is 5.75 Å². The number of carbonyl (C=O) groups is 2. The number of hydrogen-bond donors (Lipinski definition) is 2. The average molecular weight is 394 g/mol. The molecule has 2 aliphatic heterocycles. The maximum Gasteiger partial charge on any atom is 0.260 e. The van der Waals surface area contributed by atoms with Crippen molar-refractivity contribution in [2.45, 2.75) is 25.4 Å². The van der Waals surface area contributed by atoms with Crippen molar-refractivity contribution in [3.63, 3.8) is 0 Å². The van der Waals surface area contributed by atoms with Crippen molar-refractivity contribution in [2.24, 2.45) is 5.73 Å². The summed E-state index contributed by atoms with van der Waals surface area (Å²) in [6, 6.07) is 15.3.